The Morgan fingerprint density at radius 1 is 1.78 bits per heavy atom. The van der Waals surface area contributed by atoms with Gasteiger partial charge < -0.3 is 10.2 Å². The van der Waals surface area contributed by atoms with E-state index in [1.165, 1.54) is 0 Å². The molecule has 1 atom stereocenters. The molecule has 1 heterocycles. The molecule has 0 unspecified atom stereocenters. The summed E-state index contributed by atoms with van der Waals surface area (Å²) in [4.78, 5) is 0. The highest BCUT2D eigenvalue weighted by Gasteiger charge is 2.17. The van der Waals surface area contributed by atoms with Crippen molar-refractivity contribution in [3.63, 3.8) is 0 Å². The summed E-state index contributed by atoms with van der Waals surface area (Å²) >= 11 is 1.70. The lowest BCUT2D eigenvalue weighted by atomic mass is 10.2. The quantitative estimate of drug-likeness (QED) is 0.512. The predicted octanol–water partition coefficient (Wildman–Crippen LogP) is 0.0128. The molecule has 9 heavy (non-hydrogen) atoms. The molecule has 0 aromatic rings. The maximum atomic E-state index is 9.12. The zero-order valence-electron chi connectivity index (χ0n) is 5.08. The summed E-state index contributed by atoms with van der Waals surface area (Å²) in [5.74, 6) is 1.66. The molecule has 0 spiro atoms. The molecule has 0 bridgehead atoms. The number of rotatable bonds is 1. The normalized spacial score (nSPS) is 31.8. The first-order valence-electron chi connectivity index (χ1n) is 2.90. The van der Waals surface area contributed by atoms with Crippen LogP contribution in [0.1, 0.15) is 0 Å². The second kappa shape index (κ2) is 3.25. The van der Waals surface area contributed by atoms with E-state index in [0.717, 1.165) is 17.1 Å². The van der Waals surface area contributed by atoms with E-state index in [2.05, 4.69) is 0 Å². The van der Waals surface area contributed by atoms with Gasteiger partial charge in [-0.2, -0.15) is 11.8 Å². The molecule has 2 nitrogen and oxygen atoms in total. The topological polar surface area (TPSA) is 40.5 Å². The van der Waals surface area contributed by atoms with Crippen molar-refractivity contribution >= 4 is 11.8 Å². The molecule has 1 aliphatic rings. The van der Waals surface area contributed by atoms with Crippen LogP contribution in [-0.4, -0.2) is 34.4 Å². The summed E-state index contributed by atoms with van der Waals surface area (Å²) in [6.45, 7) is 0.0486. The number of aliphatic hydroxyl groups is 2. The molecule has 1 aliphatic heterocycles. The van der Waals surface area contributed by atoms with Crippen LogP contribution in [-0.2, 0) is 0 Å². The second-order valence-electron chi connectivity index (χ2n) is 1.99. The van der Waals surface area contributed by atoms with Crippen molar-refractivity contribution in [2.24, 2.45) is 0 Å². The second-order valence-corrected chi connectivity index (χ2v) is 3.02. The van der Waals surface area contributed by atoms with Gasteiger partial charge in [-0.25, -0.2) is 0 Å². The van der Waals surface area contributed by atoms with E-state index in [0.29, 0.717) is 0 Å². The van der Waals surface area contributed by atoms with Crippen molar-refractivity contribution in [2.75, 3.05) is 18.1 Å². The van der Waals surface area contributed by atoms with Crippen LogP contribution >= 0.6 is 11.8 Å². The smallest absolute Gasteiger partial charge is 0.0849 e. The standard InChI is InChI=1S/C6H10O2S/c7-2-1-5-3-9-4-6(5)8/h1,6-8H,2-4H2/t6-/m0/s1. The lowest BCUT2D eigenvalue weighted by Gasteiger charge is -1.99. The van der Waals surface area contributed by atoms with Crippen molar-refractivity contribution in [2.45, 2.75) is 6.10 Å². The average molecular weight is 146 g/mol. The fourth-order valence-corrected chi connectivity index (χ4v) is 1.90. The lowest BCUT2D eigenvalue weighted by molar-refractivity contribution is 0.238. The maximum absolute atomic E-state index is 9.12. The van der Waals surface area contributed by atoms with Gasteiger partial charge in [0.25, 0.3) is 0 Å². The number of hydrogen-bond donors (Lipinski definition) is 2. The number of thioether (sulfide) groups is 1. The van der Waals surface area contributed by atoms with Crippen LogP contribution < -0.4 is 0 Å². The molecule has 1 rings (SSSR count). The van der Waals surface area contributed by atoms with Crippen LogP contribution in [0.3, 0.4) is 0 Å². The molecule has 52 valence electrons. The lowest BCUT2D eigenvalue weighted by Crippen LogP contribution is -2.06. The summed E-state index contributed by atoms with van der Waals surface area (Å²) in [5.41, 5.74) is 0.975. The van der Waals surface area contributed by atoms with E-state index < -0.39 is 0 Å². The molecule has 0 saturated carbocycles. The Hall–Kier alpha value is 0.01000. The number of hydrogen-bond acceptors (Lipinski definition) is 3. The van der Waals surface area contributed by atoms with Crippen molar-refractivity contribution in [3.8, 4) is 0 Å². The molecular weight excluding hydrogens is 136 g/mol. The number of aliphatic hydroxyl groups excluding tert-OH is 2. The first-order valence-corrected chi connectivity index (χ1v) is 4.05. The van der Waals surface area contributed by atoms with Gasteiger partial charge in [-0.05, 0) is 5.57 Å². The van der Waals surface area contributed by atoms with Gasteiger partial charge in [0, 0.05) is 11.5 Å². The zero-order valence-corrected chi connectivity index (χ0v) is 5.90. The van der Waals surface area contributed by atoms with Crippen molar-refractivity contribution in [3.05, 3.63) is 11.6 Å². The fraction of sp³-hybridized carbons (Fsp3) is 0.667. The van der Waals surface area contributed by atoms with Gasteiger partial charge in [-0.15, -0.1) is 0 Å². The van der Waals surface area contributed by atoms with E-state index in [9.17, 15) is 0 Å². The minimum absolute atomic E-state index is 0.0486. The average Bonchev–Trinajstić information content (AvgIpc) is 2.18. The third-order valence-corrected chi connectivity index (χ3v) is 2.41. The van der Waals surface area contributed by atoms with Crippen LogP contribution in [0.25, 0.3) is 0 Å². The monoisotopic (exact) mass is 146 g/mol. The van der Waals surface area contributed by atoms with Gasteiger partial charge in [0.1, 0.15) is 0 Å². The summed E-state index contributed by atoms with van der Waals surface area (Å²) in [6, 6.07) is 0. The minimum Gasteiger partial charge on any atom is -0.392 e. The van der Waals surface area contributed by atoms with Crippen molar-refractivity contribution < 1.29 is 10.2 Å². The summed E-state index contributed by atoms with van der Waals surface area (Å²) in [7, 11) is 0. The van der Waals surface area contributed by atoms with E-state index in [1.54, 1.807) is 17.8 Å². The minimum atomic E-state index is -0.304. The van der Waals surface area contributed by atoms with Crippen molar-refractivity contribution in [1.82, 2.24) is 0 Å². The Kier molecular flexibility index (Phi) is 2.57. The first-order chi connectivity index (χ1) is 4.34. The third-order valence-electron chi connectivity index (χ3n) is 1.33. The molecule has 0 aromatic carbocycles. The van der Waals surface area contributed by atoms with Crippen LogP contribution in [0.5, 0.6) is 0 Å². The van der Waals surface area contributed by atoms with Gasteiger partial charge in [0.2, 0.25) is 0 Å². The van der Waals surface area contributed by atoms with E-state index in [4.69, 9.17) is 10.2 Å². The Morgan fingerprint density at radius 3 is 3.00 bits per heavy atom. The SMILES string of the molecule is OCC=C1CSC[C@@H]1O. The maximum Gasteiger partial charge on any atom is 0.0849 e. The molecule has 3 heteroatoms. The van der Waals surface area contributed by atoms with E-state index in [1.807, 2.05) is 0 Å². The molecular formula is C6H10O2S. The highest BCUT2D eigenvalue weighted by Crippen LogP contribution is 2.22. The van der Waals surface area contributed by atoms with Crippen LogP contribution in [0, 0.1) is 0 Å². The molecule has 1 saturated heterocycles. The Morgan fingerprint density at radius 2 is 2.56 bits per heavy atom. The largest absolute Gasteiger partial charge is 0.392 e. The molecule has 0 aromatic heterocycles. The van der Waals surface area contributed by atoms with Gasteiger partial charge in [0.05, 0.1) is 12.7 Å². The van der Waals surface area contributed by atoms with Crippen LogP contribution in [0.15, 0.2) is 11.6 Å². The Balaban J connectivity index is 2.48. The highest BCUT2D eigenvalue weighted by atomic mass is 32.2. The summed E-state index contributed by atoms with van der Waals surface area (Å²) in [5, 5.41) is 17.6. The summed E-state index contributed by atoms with van der Waals surface area (Å²) in [6.07, 6.45) is 1.38. The summed E-state index contributed by atoms with van der Waals surface area (Å²) < 4.78 is 0. The van der Waals surface area contributed by atoms with Gasteiger partial charge in [-0.3, -0.25) is 0 Å². The highest BCUT2D eigenvalue weighted by molar-refractivity contribution is 7.99. The van der Waals surface area contributed by atoms with Crippen molar-refractivity contribution in [1.29, 1.82) is 0 Å². The molecule has 0 radical (unpaired) electrons. The van der Waals surface area contributed by atoms with Gasteiger partial charge in [-0.1, -0.05) is 6.08 Å². The predicted molar refractivity (Wildman–Crippen MR) is 38.5 cm³/mol. The molecule has 0 amide bonds. The zero-order chi connectivity index (χ0) is 6.69. The van der Waals surface area contributed by atoms with Gasteiger partial charge >= 0.3 is 0 Å². The van der Waals surface area contributed by atoms with Crippen LogP contribution in [0.4, 0.5) is 0 Å². The van der Waals surface area contributed by atoms with Crippen LogP contribution in [0.2, 0.25) is 0 Å². The molecule has 0 aliphatic carbocycles. The van der Waals surface area contributed by atoms with E-state index >= 15 is 0 Å². The fourth-order valence-electron chi connectivity index (χ4n) is 0.804. The Bertz CT molecular complexity index is 122. The molecule has 1 fully saturated rings. The third kappa shape index (κ3) is 1.71. The van der Waals surface area contributed by atoms with E-state index in [-0.39, 0.29) is 12.7 Å². The first kappa shape index (κ1) is 7.12. The van der Waals surface area contributed by atoms with Gasteiger partial charge in [0.15, 0.2) is 0 Å². The Labute approximate surface area is 58.6 Å². The molecule has 2 N–H and O–H groups in total.